The fourth-order valence-electron chi connectivity index (χ4n) is 4.33. The molecule has 1 aromatic carbocycles. The van der Waals surface area contributed by atoms with Crippen molar-refractivity contribution in [2.75, 3.05) is 13.7 Å². The number of alkyl halides is 2. The number of ether oxygens (including phenoxy) is 2. The van der Waals surface area contributed by atoms with Crippen LogP contribution in [0.1, 0.15) is 40.1 Å². The predicted molar refractivity (Wildman–Crippen MR) is 114 cm³/mol. The zero-order valence-electron chi connectivity index (χ0n) is 18.6. The number of aryl methyl sites for hydroxylation is 1. The Balaban J connectivity index is 1.69. The summed E-state index contributed by atoms with van der Waals surface area (Å²) in [5, 5.41) is 4.61. The molecule has 0 unspecified atom stereocenters. The highest BCUT2D eigenvalue weighted by Crippen LogP contribution is 2.38. The number of amides is 1. The van der Waals surface area contributed by atoms with E-state index < -0.39 is 18.2 Å². The largest absolute Gasteiger partial charge is 0.481 e. The summed E-state index contributed by atoms with van der Waals surface area (Å²) in [6.45, 7) is 0.962. The van der Waals surface area contributed by atoms with Crippen molar-refractivity contribution in [1.29, 1.82) is 0 Å². The average molecular weight is 460 g/mol. The summed E-state index contributed by atoms with van der Waals surface area (Å²) in [5.41, 5.74) is 3.91. The van der Waals surface area contributed by atoms with Crippen molar-refractivity contribution in [3.05, 3.63) is 58.7 Å². The number of benzene rings is 1. The minimum absolute atomic E-state index is 0.159. The second kappa shape index (κ2) is 8.76. The van der Waals surface area contributed by atoms with Gasteiger partial charge in [-0.15, -0.1) is 0 Å². The van der Waals surface area contributed by atoms with Crippen LogP contribution in [0.3, 0.4) is 0 Å². The smallest absolute Gasteiger partial charge is 0.387 e. The van der Waals surface area contributed by atoms with Gasteiger partial charge in [-0.25, -0.2) is 9.37 Å². The first-order chi connectivity index (χ1) is 15.7. The third kappa shape index (κ3) is 4.01. The van der Waals surface area contributed by atoms with Gasteiger partial charge in [0, 0.05) is 42.0 Å². The summed E-state index contributed by atoms with van der Waals surface area (Å²) in [6, 6.07) is 5.16. The van der Waals surface area contributed by atoms with Gasteiger partial charge >= 0.3 is 6.61 Å². The number of hydrogen-bond acceptors (Lipinski definition) is 5. The number of carbonyl (C=O) groups is 1. The fourth-order valence-corrected chi connectivity index (χ4v) is 4.33. The average Bonchev–Trinajstić information content (AvgIpc) is 3.12. The van der Waals surface area contributed by atoms with Gasteiger partial charge in [0.05, 0.1) is 24.5 Å². The number of carbonyl (C=O) groups excluding carboxylic acids is 1. The Hall–Kier alpha value is -3.56. The normalized spacial score (nSPS) is 15.5. The topological polar surface area (TPSA) is 69.5 Å². The monoisotopic (exact) mass is 460 g/mol. The van der Waals surface area contributed by atoms with Crippen LogP contribution in [0.15, 0.2) is 30.5 Å². The van der Waals surface area contributed by atoms with E-state index in [1.54, 1.807) is 29.6 Å². The lowest BCUT2D eigenvalue weighted by Gasteiger charge is -2.33. The molecule has 0 N–H and O–H groups in total. The molecule has 0 saturated carbocycles. The molecule has 0 spiro atoms. The van der Waals surface area contributed by atoms with Crippen LogP contribution in [-0.4, -0.2) is 45.8 Å². The molecular formula is C23H23F3N4O3. The molecule has 3 aromatic rings. The zero-order valence-corrected chi connectivity index (χ0v) is 18.6. The third-order valence-electron chi connectivity index (χ3n) is 5.91. The Labute approximate surface area is 188 Å². The van der Waals surface area contributed by atoms with E-state index in [0.717, 1.165) is 11.6 Å². The lowest BCUT2D eigenvalue weighted by Crippen LogP contribution is -2.39. The molecule has 0 radical (unpaired) electrons. The number of methoxy groups -OCH3 is 1. The van der Waals surface area contributed by atoms with E-state index in [-0.39, 0.29) is 11.9 Å². The molecule has 0 bridgehead atoms. The standard InChI is InChI=1S/C23H23F3N4O3/c1-12-15(7-9-27-21(12)32-4)22(31)30-10-8-16-19(13(30)2)28-29(3)20(16)14-5-6-17(24)18(11-14)33-23(25)26/h5-7,9,11,13,23H,8,10H2,1-4H3/t13-/m0/s1. The van der Waals surface area contributed by atoms with Gasteiger partial charge in [-0.2, -0.15) is 13.9 Å². The highest BCUT2D eigenvalue weighted by atomic mass is 19.3. The van der Waals surface area contributed by atoms with Gasteiger partial charge in [0.2, 0.25) is 5.88 Å². The van der Waals surface area contributed by atoms with Crippen LogP contribution < -0.4 is 9.47 Å². The minimum atomic E-state index is -3.13. The summed E-state index contributed by atoms with van der Waals surface area (Å²) >= 11 is 0. The second-order valence-corrected chi connectivity index (χ2v) is 7.78. The van der Waals surface area contributed by atoms with E-state index in [2.05, 4.69) is 14.8 Å². The quantitative estimate of drug-likeness (QED) is 0.568. The summed E-state index contributed by atoms with van der Waals surface area (Å²) < 4.78 is 50.4. The SMILES string of the molecule is COc1nccc(C(=O)N2CCc3c(nn(C)c3-c3ccc(F)c(OC(F)F)c3)[C@@H]2C)c1C. The van der Waals surface area contributed by atoms with Crippen LogP contribution in [0.2, 0.25) is 0 Å². The predicted octanol–water partition coefficient (Wildman–Crippen LogP) is 4.30. The molecule has 1 aliphatic heterocycles. The van der Waals surface area contributed by atoms with Crippen molar-refractivity contribution in [3.8, 4) is 22.9 Å². The molecule has 4 rings (SSSR count). The molecule has 3 heterocycles. The van der Waals surface area contributed by atoms with Gasteiger partial charge in [0.15, 0.2) is 11.6 Å². The maximum absolute atomic E-state index is 13.9. The van der Waals surface area contributed by atoms with E-state index >= 15 is 0 Å². The van der Waals surface area contributed by atoms with Crippen molar-refractivity contribution >= 4 is 5.91 Å². The maximum atomic E-state index is 13.9. The maximum Gasteiger partial charge on any atom is 0.387 e. The molecule has 0 saturated heterocycles. The summed E-state index contributed by atoms with van der Waals surface area (Å²) in [5.74, 6) is -1.17. The molecule has 174 valence electrons. The molecule has 0 aliphatic carbocycles. The van der Waals surface area contributed by atoms with Crippen molar-refractivity contribution in [1.82, 2.24) is 19.7 Å². The van der Waals surface area contributed by atoms with Gasteiger partial charge in [0.1, 0.15) is 0 Å². The first-order valence-electron chi connectivity index (χ1n) is 10.3. The number of halogens is 3. The molecule has 2 aromatic heterocycles. The minimum Gasteiger partial charge on any atom is -0.481 e. The molecule has 1 aliphatic rings. The Morgan fingerprint density at radius 2 is 2.03 bits per heavy atom. The number of nitrogens with zero attached hydrogens (tertiary/aromatic N) is 4. The summed E-state index contributed by atoms with van der Waals surface area (Å²) in [6.07, 6.45) is 2.03. The molecule has 0 fully saturated rings. The molecule has 1 amide bonds. The van der Waals surface area contributed by atoms with Crippen molar-refractivity contribution in [2.45, 2.75) is 32.9 Å². The van der Waals surface area contributed by atoms with E-state index in [1.807, 2.05) is 6.92 Å². The Morgan fingerprint density at radius 1 is 1.27 bits per heavy atom. The van der Waals surface area contributed by atoms with Gasteiger partial charge in [-0.05, 0) is 44.5 Å². The third-order valence-corrected chi connectivity index (χ3v) is 5.91. The number of aromatic nitrogens is 3. The lowest BCUT2D eigenvalue weighted by atomic mass is 9.94. The van der Waals surface area contributed by atoms with Gasteiger partial charge in [0.25, 0.3) is 5.91 Å². The lowest BCUT2D eigenvalue weighted by molar-refractivity contribution is -0.0521. The van der Waals surface area contributed by atoms with E-state index in [4.69, 9.17) is 4.74 Å². The first kappa shape index (κ1) is 22.6. The van der Waals surface area contributed by atoms with Crippen molar-refractivity contribution < 1.29 is 27.4 Å². The molecule has 33 heavy (non-hydrogen) atoms. The molecular weight excluding hydrogens is 437 g/mol. The van der Waals surface area contributed by atoms with Crippen molar-refractivity contribution in [3.63, 3.8) is 0 Å². The summed E-state index contributed by atoms with van der Waals surface area (Å²) in [7, 11) is 3.23. The second-order valence-electron chi connectivity index (χ2n) is 7.78. The highest BCUT2D eigenvalue weighted by Gasteiger charge is 2.34. The van der Waals surface area contributed by atoms with E-state index in [1.165, 1.54) is 25.4 Å². The van der Waals surface area contributed by atoms with Crippen LogP contribution in [-0.2, 0) is 13.5 Å². The first-order valence-corrected chi connectivity index (χ1v) is 10.3. The summed E-state index contributed by atoms with van der Waals surface area (Å²) in [4.78, 5) is 19.2. The fraction of sp³-hybridized carbons (Fsp3) is 0.348. The molecule has 7 nitrogen and oxygen atoms in total. The number of pyridine rings is 1. The zero-order chi connectivity index (χ0) is 23.9. The van der Waals surface area contributed by atoms with E-state index in [9.17, 15) is 18.0 Å². The number of fused-ring (bicyclic) bond motifs is 1. The Kier molecular flexibility index (Phi) is 6.01. The number of rotatable bonds is 5. The molecule has 1 atom stereocenters. The molecule has 10 heteroatoms. The van der Waals surface area contributed by atoms with Crippen LogP contribution in [0.25, 0.3) is 11.3 Å². The highest BCUT2D eigenvalue weighted by molar-refractivity contribution is 5.96. The van der Waals surface area contributed by atoms with Crippen LogP contribution >= 0.6 is 0 Å². The Morgan fingerprint density at radius 3 is 2.73 bits per heavy atom. The Bertz CT molecular complexity index is 1210. The van der Waals surface area contributed by atoms with Crippen LogP contribution in [0.5, 0.6) is 11.6 Å². The van der Waals surface area contributed by atoms with Gasteiger partial charge in [-0.3, -0.25) is 9.48 Å². The van der Waals surface area contributed by atoms with Crippen LogP contribution in [0.4, 0.5) is 13.2 Å². The van der Waals surface area contributed by atoms with Gasteiger partial charge in [-0.1, -0.05) is 0 Å². The van der Waals surface area contributed by atoms with E-state index in [0.29, 0.717) is 46.9 Å². The van der Waals surface area contributed by atoms with Crippen LogP contribution in [0, 0.1) is 12.7 Å². The van der Waals surface area contributed by atoms with Gasteiger partial charge < -0.3 is 14.4 Å². The van der Waals surface area contributed by atoms with Crippen molar-refractivity contribution in [2.24, 2.45) is 7.05 Å². The number of hydrogen-bond donors (Lipinski definition) is 0.